The molecule has 0 N–H and O–H groups in total. The lowest BCUT2D eigenvalue weighted by atomic mass is 9.88. The van der Waals surface area contributed by atoms with Crippen molar-refractivity contribution < 1.29 is 9.18 Å². The van der Waals surface area contributed by atoms with Crippen LogP contribution in [0.2, 0.25) is 5.02 Å². The molecule has 0 amide bonds. The van der Waals surface area contributed by atoms with Crippen LogP contribution >= 0.6 is 11.6 Å². The highest BCUT2D eigenvalue weighted by Gasteiger charge is 2.27. The van der Waals surface area contributed by atoms with Gasteiger partial charge in [-0.3, -0.25) is 4.79 Å². The first-order valence-corrected chi connectivity index (χ1v) is 8.20. The number of Topliss-reactive ketones (excluding diaryl/α,β-unsaturated/α-hetero) is 1. The van der Waals surface area contributed by atoms with Crippen LogP contribution in [-0.4, -0.2) is 18.9 Å². The van der Waals surface area contributed by atoms with E-state index in [4.69, 9.17) is 16.9 Å². The summed E-state index contributed by atoms with van der Waals surface area (Å²) in [7, 11) is 0. The molecule has 1 saturated heterocycles. The number of piperidine rings is 1. The summed E-state index contributed by atoms with van der Waals surface area (Å²) in [6, 6.07) is 13.6. The van der Waals surface area contributed by atoms with Crippen LogP contribution in [-0.2, 0) is 0 Å². The Hall–Kier alpha value is -2.38. The van der Waals surface area contributed by atoms with Gasteiger partial charge >= 0.3 is 0 Å². The molecule has 2 aromatic rings. The Balaban J connectivity index is 1.67. The minimum Gasteiger partial charge on any atom is -0.371 e. The van der Waals surface area contributed by atoms with Gasteiger partial charge in [0.05, 0.1) is 17.2 Å². The van der Waals surface area contributed by atoms with Crippen molar-refractivity contribution in [3.8, 4) is 6.07 Å². The van der Waals surface area contributed by atoms with Crippen molar-refractivity contribution in [1.82, 2.24) is 0 Å². The fourth-order valence-electron chi connectivity index (χ4n) is 3.05. The van der Waals surface area contributed by atoms with Crippen LogP contribution in [0.3, 0.4) is 0 Å². The van der Waals surface area contributed by atoms with E-state index in [1.54, 1.807) is 12.1 Å². The van der Waals surface area contributed by atoms with Gasteiger partial charge in [0.25, 0.3) is 0 Å². The van der Waals surface area contributed by atoms with Gasteiger partial charge in [0.15, 0.2) is 5.78 Å². The number of benzene rings is 2. The summed E-state index contributed by atoms with van der Waals surface area (Å²) in [5.41, 5.74) is 1.74. The Morgan fingerprint density at radius 2 is 1.83 bits per heavy atom. The van der Waals surface area contributed by atoms with Crippen LogP contribution in [0, 0.1) is 23.1 Å². The first kappa shape index (κ1) is 16.5. The van der Waals surface area contributed by atoms with Crippen LogP contribution in [0.4, 0.5) is 10.1 Å². The Morgan fingerprint density at radius 1 is 1.17 bits per heavy atom. The van der Waals surface area contributed by atoms with Crippen LogP contribution in [0.25, 0.3) is 0 Å². The van der Waals surface area contributed by atoms with Gasteiger partial charge in [-0.15, -0.1) is 0 Å². The summed E-state index contributed by atoms with van der Waals surface area (Å²) in [4.78, 5) is 14.7. The standard InChI is InChI=1S/C19H16ClFN2O/c20-15-3-6-18(21)17(11-15)19(24)14-7-9-23(10-8-14)16-4-1-13(12-22)2-5-16/h1-6,11,14H,7-10H2. The van der Waals surface area contributed by atoms with E-state index in [9.17, 15) is 9.18 Å². The monoisotopic (exact) mass is 342 g/mol. The minimum atomic E-state index is -0.515. The van der Waals surface area contributed by atoms with E-state index in [0.717, 1.165) is 18.8 Å². The van der Waals surface area contributed by atoms with Crippen molar-refractivity contribution >= 4 is 23.1 Å². The second kappa shape index (κ2) is 7.02. The second-order valence-electron chi connectivity index (χ2n) is 5.91. The van der Waals surface area contributed by atoms with E-state index in [1.807, 2.05) is 12.1 Å². The smallest absolute Gasteiger partial charge is 0.169 e. The van der Waals surface area contributed by atoms with Gasteiger partial charge in [-0.2, -0.15) is 5.26 Å². The van der Waals surface area contributed by atoms with Crippen molar-refractivity contribution in [3.63, 3.8) is 0 Å². The number of carbonyl (C=O) groups excluding carboxylic acids is 1. The molecule has 1 aliphatic rings. The number of hydrogen-bond donors (Lipinski definition) is 0. The lowest BCUT2D eigenvalue weighted by Gasteiger charge is -2.33. The van der Waals surface area contributed by atoms with Gasteiger partial charge in [-0.1, -0.05) is 11.6 Å². The molecule has 0 bridgehead atoms. The number of nitriles is 1. The number of carbonyl (C=O) groups is 1. The molecule has 122 valence electrons. The molecule has 0 saturated carbocycles. The third kappa shape index (κ3) is 3.42. The van der Waals surface area contributed by atoms with Crippen molar-refractivity contribution in [2.45, 2.75) is 12.8 Å². The van der Waals surface area contributed by atoms with Gasteiger partial charge in [-0.05, 0) is 55.3 Å². The van der Waals surface area contributed by atoms with E-state index < -0.39 is 5.82 Å². The molecule has 0 radical (unpaired) electrons. The molecule has 3 rings (SSSR count). The van der Waals surface area contributed by atoms with Crippen LogP contribution in [0.1, 0.15) is 28.8 Å². The van der Waals surface area contributed by atoms with E-state index in [2.05, 4.69) is 11.0 Å². The quantitative estimate of drug-likeness (QED) is 0.774. The molecule has 1 heterocycles. The van der Waals surface area contributed by atoms with Crippen LogP contribution in [0.5, 0.6) is 0 Å². The van der Waals surface area contributed by atoms with Crippen molar-refractivity contribution in [2.75, 3.05) is 18.0 Å². The van der Waals surface area contributed by atoms with Crippen molar-refractivity contribution in [2.24, 2.45) is 5.92 Å². The predicted octanol–water partition coefficient (Wildman–Crippen LogP) is 4.45. The van der Waals surface area contributed by atoms with E-state index in [0.29, 0.717) is 23.4 Å². The maximum atomic E-state index is 13.9. The van der Waals surface area contributed by atoms with Crippen molar-refractivity contribution in [1.29, 1.82) is 5.26 Å². The molecule has 0 unspecified atom stereocenters. The zero-order valence-corrected chi connectivity index (χ0v) is 13.8. The highest BCUT2D eigenvalue weighted by atomic mass is 35.5. The van der Waals surface area contributed by atoms with Gasteiger partial charge in [0, 0.05) is 29.7 Å². The minimum absolute atomic E-state index is 0.0827. The normalized spacial score (nSPS) is 15.1. The Bertz CT molecular complexity index is 790. The van der Waals surface area contributed by atoms with Crippen molar-refractivity contribution in [3.05, 3.63) is 64.4 Å². The van der Waals surface area contributed by atoms with Gasteiger partial charge < -0.3 is 4.90 Å². The van der Waals surface area contributed by atoms with Gasteiger partial charge in [-0.25, -0.2) is 4.39 Å². The molecular formula is C19H16ClFN2O. The molecule has 1 fully saturated rings. The SMILES string of the molecule is N#Cc1ccc(N2CCC(C(=O)c3cc(Cl)ccc3F)CC2)cc1. The summed E-state index contributed by atoms with van der Waals surface area (Å²) in [6.45, 7) is 1.45. The Morgan fingerprint density at radius 3 is 2.46 bits per heavy atom. The zero-order valence-electron chi connectivity index (χ0n) is 13.0. The Labute approximate surface area is 145 Å². The molecule has 5 heteroatoms. The number of hydrogen-bond acceptors (Lipinski definition) is 3. The molecule has 2 aromatic carbocycles. The molecule has 24 heavy (non-hydrogen) atoms. The van der Waals surface area contributed by atoms with E-state index >= 15 is 0 Å². The Kier molecular flexibility index (Phi) is 4.82. The third-order valence-electron chi connectivity index (χ3n) is 4.42. The summed E-state index contributed by atoms with van der Waals surface area (Å²) in [5.74, 6) is -0.874. The number of ketones is 1. The summed E-state index contributed by atoms with van der Waals surface area (Å²) in [5, 5.41) is 9.21. The molecular weight excluding hydrogens is 327 g/mol. The van der Waals surface area contributed by atoms with Gasteiger partial charge in [0.2, 0.25) is 0 Å². The topological polar surface area (TPSA) is 44.1 Å². The van der Waals surface area contributed by atoms with Gasteiger partial charge in [0.1, 0.15) is 5.82 Å². The summed E-state index contributed by atoms with van der Waals surface area (Å²) in [6.07, 6.45) is 1.34. The predicted molar refractivity (Wildman–Crippen MR) is 91.8 cm³/mol. The molecule has 0 aliphatic carbocycles. The fourth-order valence-corrected chi connectivity index (χ4v) is 3.22. The molecule has 3 nitrogen and oxygen atoms in total. The maximum Gasteiger partial charge on any atom is 0.169 e. The summed E-state index contributed by atoms with van der Waals surface area (Å²) < 4.78 is 13.9. The maximum absolute atomic E-state index is 13.9. The van der Waals surface area contributed by atoms with Crippen LogP contribution < -0.4 is 4.90 Å². The molecule has 0 atom stereocenters. The highest BCUT2D eigenvalue weighted by molar-refractivity contribution is 6.31. The number of nitrogens with zero attached hydrogens (tertiary/aromatic N) is 2. The molecule has 1 aliphatic heterocycles. The molecule has 0 spiro atoms. The third-order valence-corrected chi connectivity index (χ3v) is 4.66. The average molecular weight is 343 g/mol. The number of halogens is 2. The largest absolute Gasteiger partial charge is 0.371 e. The highest BCUT2D eigenvalue weighted by Crippen LogP contribution is 2.27. The number of anilines is 1. The lowest BCUT2D eigenvalue weighted by Crippen LogP contribution is -2.36. The van der Waals surface area contributed by atoms with E-state index in [-0.39, 0.29) is 17.3 Å². The lowest BCUT2D eigenvalue weighted by molar-refractivity contribution is 0.0896. The van der Waals surface area contributed by atoms with Crippen LogP contribution in [0.15, 0.2) is 42.5 Å². The summed E-state index contributed by atoms with van der Waals surface area (Å²) >= 11 is 5.88. The average Bonchev–Trinajstić information content (AvgIpc) is 2.63. The first-order chi connectivity index (χ1) is 11.6. The zero-order chi connectivity index (χ0) is 17.1. The van der Waals surface area contributed by atoms with E-state index in [1.165, 1.54) is 18.2 Å². The number of rotatable bonds is 3. The molecule has 0 aromatic heterocycles. The first-order valence-electron chi connectivity index (χ1n) is 7.83. The fraction of sp³-hybridized carbons (Fsp3) is 0.263. The second-order valence-corrected chi connectivity index (χ2v) is 6.34.